The number of piperidine rings is 1. The molecular weight excluding hydrogens is 254 g/mol. The highest BCUT2D eigenvalue weighted by Crippen LogP contribution is 2.26. The van der Waals surface area contributed by atoms with Gasteiger partial charge in [-0.2, -0.15) is 0 Å². The highest BCUT2D eigenvalue weighted by Gasteiger charge is 2.40. The molecule has 0 unspecified atom stereocenters. The van der Waals surface area contributed by atoms with Crippen LogP contribution in [0.1, 0.15) is 31.7 Å². The highest BCUT2D eigenvalue weighted by molar-refractivity contribution is 5.81. The van der Waals surface area contributed by atoms with E-state index in [1.807, 2.05) is 31.2 Å². The fourth-order valence-electron chi connectivity index (χ4n) is 2.73. The number of nitrogens with one attached hydrogen (secondary N) is 1. The Bertz CT molecular complexity index is 436. The molecule has 1 aliphatic heterocycles. The third kappa shape index (κ3) is 3.31. The Hall–Kier alpha value is -1.55. The van der Waals surface area contributed by atoms with E-state index in [1.165, 1.54) is 0 Å². The molecule has 0 aromatic heterocycles. The van der Waals surface area contributed by atoms with E-state index in [0.29, 0.717) is 13.0 Å². The molecule has 0 amide bonds. The minimum absolute atomic E-state index is 0.129. The van der Waals surface area contributed by atoms with Gasteiger partial charge in [-0.3, -0.25) is 4.79 Å². The Morgan fingerprint density at radius 3 is 2.60 bits per heavy atom. The summed E-state index contributed by atoms with van der Waals surface area (Å²) in [5.41, 5.74) is 0.552. The second-order valence-corrected chi connectivity index (χ2v) is 5.21. The van der Waals surface area contributed by atoms with Gasteiger partial charge in [-0.1, -0.05) is 12.1 Å². The lowest BCUT2D eigenvalue weighted by molar-refractivity contribution is -0.152. The summed E-state index contributed by atoms with van der Waals surface area (Å²) in [4.78, 5) is 12.3. The first-order chi connectivity index (χ1) is 9.70. The van der Waals surface area contributed by atoms with E-state index in [2.05, 4.69) is 5.32 Å². The van der Waals surface area contributed by atoms with Gasteiger partial charge in [0, 0.05) is 6.42 Å². The molecule has 1 aromatic carbocycles. The molecule has 1 heterocycles. The van der Waals surface area contributed by atoms with Crippen molar-refractivity contribution in [3.05, 3.63) is 29.8 Å². The third-order valence-electron chi connectivity index (χ3n) is 3.82. The molecule has 0 bridgehead atoms. The van der Waals surface area contributed by atoms with E-state index >= 15 is 0 Å². The predicted molar refractivity (Wildman–Crippen MR) is 77.9 cm³/mol. The van der Waals surface area contributed by atoms with Crippen molar-refractivity contribution in [2.75, 3.05) is 20.3 Å². The van der Waals surface area contributed by atoms with Gasteiger partial charge >= 0.3 is 5.97 Å². The zero-order valence-corrected chi connectivity index (χ0v) is 12.3. The van der Waals surface area contributed by atoms with Crippen molar-refractivity contribution in [3.63, 3.8) is 0 Å². The molecule has 4 heteroatoms. The molecule has 1 saturated heterocycles. The Labute approximate surface area is 120 Å². The van der Waals surface area contributed by atoms with Crippen molar-refractivity contribution in [1.82, 2.24) is 5.32 Å². The summed E-state index contributed by atoms with van der Waals surface area (Å²) in [5.74, 6) is 0.700. The Morgan fingerprint density at radius 2 is 2.05 bits per heavy atom. The topological polar surface area (TPSA) is 47.6 Å². The number of rotatable bonds is 5. The van der Waals surface area contributed by atoms with Crippen LogP contribution in [0.3, 0.4) is 0 Å². The lowest BCUT2D eigenvalue weighted by Gasteiger charge is -2.36. The summed E-state index contributed by atoms with van der Waals surface area (Å²) in [6.45, 7) is 3.14. The van der Waals surface area contributed by atoms with Crippen LogP contribution in [0, 0.1) is 0 Å². The molecule has 2 rings (SSSR count). The van der Waals surface area contributed by atoms with Crippen molar-refractivity contribution in [2.24, 2.45) is 0 Å². The van der Waals surface area contributed by atoms with Crippen molar-refractivity contribution in [2.45, 2.75) is 38.1 Å². The Kier molecular flexibility index (Phi) is 5.01. The molecular formula is C16H23NO3. The van der Waals surface area contributed by atoms with E-state index in [1.54, 1.807) is 7.11 Å². The average molecular weight is 277 g/mol. The van der Waals surface area contributed by atoms with Gasteiger partial charge in [0.25, 0.3) is 0 Å². The fraction of sp³-hybridized carbons (Fsp3) is 0.562. The van der Waals surface area contributed by atoms with E-state index in [-0.39, 0.29) is 5.97 Å². The van der Waals surface area contributed by atoms with Crippen molar-refractivity contribution < 1.29 is 14.3 Å². The van der Waals surface area contributed by atoms with Gasteiger partial charge in [0.15, 0.2) is 0 Å². The monoisotopic (exact) mass is 277 g/mol. The minimum Gasteiger partial charge on any atom is -0.497 e. The zero-order valence-electron chi connectivity index (χ0n) is 12.3. The third-order valence-corrected chi connectivity index (χ3v) is 3.82. The van der Waals surface area contributed by atoms with Crippen LogP contribution in [0.15, 0.2) is 24.3 Å². The van der Waals surface area contributed by atoms with Crippen molar-refractivity contribution in [3.8, 4) is 5.75 Å². The molecule has 20 heavy (non-hydrogen) atoms. The number of methoxy groups -OCH3 is 1. The molecule has 1 N–H and O–H groups in total. The van der Waals surface area contributed by atoms with Crippen LogP contribution in [0.4, 0.5) is 0 Å². The fourth-order valence-corrected chi connectivity index (χ4v) is 2.73. The highest BCUT2D eigenvalue weighted by atomic mass is 16.5. The molecule has 1 fully saturated rings. The summed E-state index contributed by atoms with van der Waals surface area (Å²) in [6.07, 6.45) is 3.67. The lowest BCUT2D eigenvalue weighted by Crippen LogP contribution is -2.57. The summed E-state index contributed by atoms with van der Waals surface area (Å²) in [7, 11) is 1.65. The van der Waals surface area contributed by atoms with Crippen LogP contribution in [-0.4, -0.2) is 31.8 Å². The number of benzene rings is 1. The molecule has 0 saturated carbocycles. The standard InChI is InChI=1S/C16H23NO3/c1-3-20-15(18)16(10-4-5-11-17-16)12-13-6-8-14(19-2)9-7-13/h6-9,17H,3-5,10-12H2,1-2H3/t16-/m1/s1. The van der Waals surface area contributed by atoms with Gasteiger partial charge in [-0.15, -0.1) is 0 Å². The molecule has 0 radical (unpaired) electrons. The summed E-state index contributed by atoms with van der Waals surface area (Å²) in [6, 6.07) is 7.88. The summed E-state index contributed by atoms with van der Waals surface area (Å²) in [5, 5.41) is 3.39. The van der Waals surface area contributed by atoms with Crippen molar-refractivity contribution >= 4 is 5.97 Å². The minimum atomic E-state index is -0.567. The smallest absolute Gasteiger partial charge is 0.326 e. The predicted octanol–water partition coefficient (Wildman–Crippen LogP) is 2.31. The van der Waals surface area contributed by atoms with Gasteiger partial charge in [0.05, 0.1) is 13.7 Å². The van der Waals surface area contributed by atoms with Crippen LogP contribution in [0.5, 0.6) is 5.75 Å². The molecule has 110 valence electrons. The first-order valence-corrected chi connectivity index (χ1v) is 7.25. The van der Waals surface area contributed by atoms with E-state index in [0.717, 1.165) is 37.1 Å². The second kappa shape index (κ2) is 6.75. The molecule has 1 aromatic rings. The lowest BCUT2D eigenvalue weighted by atomic mass is 9.83. The number of carbonyl (C=O) groups is 1. The molecule has 0 aliphatic carbocycles. The van der Waals surface area contributed by atoms with Gasteiger partial charge in [-0.25, -0.2) is 0 Å². The summed E-state index contributed by atoms with van der Waals surface area (Å²) < 4.78 is 10.4. The maximum atomic E-state index is 12.3. The zero-order chi connectivity index (χ0) is 14.4. The van der Waals surface area contributed by atoms with Crippen LogP contribution >= 0.6 is 0 Å². The van der Waals surface area contributed by atoms with E-state index in [4.69, 9.17) is 9.47 Å². The van der Waals surface area contributed by atoms with Crippen molar-refractivity contribution in [1.29, 1.82) is 0 Å². The maximum Gasteiger partial charge on any atom is 0.326 e. The molecule has 1 aliphatic rings. The van der Waals surface area contributed by atoms with Gasteiger partial charge in [0.1, 0.15) is 11.3 Å². The Balaban J connectivity index is 2.15. The van der Waals surface area contributed by atoms with E-state index in [9.17, 15) is 4.79 Å². The quantitative estimate of drug-likeness (QED) is 0.839. The first-order valence-electron chi connectivity index (χ1n) is 7.25. The number of carbonyl (C=O) groups excluding carboxylic acids is 1. The van der Waals surface area contributed by atoms with Crippen LogP contribution < -0.4 is 10.1 Å². The maximum absolute atomic E-state index is 12.3. The molecule has 0 spiro atoms. The summed E-state index contributed by atoms with van der Waals surface area (Å²) >= 11 is 0. The van der Waals surface area contributed by atoms with Gasteiger partial charge in [-0.05, 0) is 50.4 Å². The number of ether oxygens (including phenoxy) is 2. The molecule has 4 nitrogen and oxygen atoms in total. The SMILES string of the molecule is CCOC(=O)[C@]1(Cc2ccc(OC)cc2)CCCCN1. The Morgan fingerprint density at radius 1 is 1.30 bits per heavy atom. The number of hydrogen-bond donors (Lipinski definition) is 1. The average Bonchev–Trinajstić information content (AvgIpc) is 2.49. The van der Waals surface area contributed by atoms with E-state index < -0.39 is 5.54 Å². The number of esters is 1. The largest absolute Gasteiger partial charge is 0.497 e. The normalized spacial score (nSPS) is 22.3. The van der Waals surface area contributed by atoms with Gasteiger partial charge < -0.3 is 14.8 Å². The van der Waals surface area contributed by atoms with Gasteiger partial charge in [0.2, 0.25) is 0 Å². The second-order valence-electron chi connectivity index (χ2n) is 5.21. The van der Waals surface area contributed by atoms with Crippen LogP contribution in [-0.2, 0) is 16.0 Å². The molecule has 1 atom stereocenters. The number of hydrogen-bond acceptors (Lipinski definition) is 4. The first kappa shape index (κ1) is 14.9. The van der Waals surface area contributed by atoms with Crippen LogP contribution in [0.2, 0.25) is 0 Å². The van der Waals surface area contributed by atoms with Crippen LogP contribution in [0.25, 0.3) is 0 Å².